The molecule has 0 atom stereocenters. The average molecular weight is 202 g/mol. The molecule has 0 saturated carbocycles. The maximum absolute atomic E-state index is 2.52. The Hall–Kier alpha value is -1.02. The molecule has 1 nitrogen and oxygen atoms in total. The van der Waals surface area contributed by atoms with Gasteiger partial charge in [0.2, 0.25) is 8.96 Å². The standard InChI is InChI=1S/C12H16NSi/c1-14(12-8-4-2-5-9-12)13-10-6-3-7-11-13/h2,4-6,8-10H,3,7,11H2,1H3. The van der Waals surface area contributed by atoms with Crippen molar-refractivity contribution in [3.63, 3.8) is 0 Å². The minimum absolute atomic E-state index is 0.521. The highest BCUT2D eigenvalue weighted by atomic mass is 28.3. The van der Waals surface area contributed by atoms with Crippen LogP contribution in [0.1, 0.15) is 12.8 Å². The molecule has 0 bridgehead atoms. The van der Waals surface area contributed by atoms with Crippen LogP contribution in [-0.2, 0) is 0 Å². The number of nitrogens with zero attached hydrogens (tertiary/aromatic N) is 1. The highest BCUT2D eigenvalue weighted by Crippen LogP contribution is 2.07. The van der Waals surface area contributed by atoms with E-state index in [4.69, 9.17) is 0 Å². The Morgan fingerprint density at radius 2 is 2.00 bits per heavy atom. The van der Waals surface area contributed by atoms with Crippen LogP contribution in [0.2, 0.25) is 6.55 Å². The molecule has 1 aliphatic heterocycles. The van der Waals surface area contributed by atoms with Gasteiger partial charge in [0.05, 0.1) is 0 Å². The van der Waals surface area contributed by atoms with Crippen molar-refractivity contribution < 1.29 is 0 Å². The second-order valence-corrected chi connectivity index (χ2v) is 5.99. The number of hydrogen-bond acceptors (Lipinski definition) is 1. The maximum atomic E-state index is 2.52. The SMILES string of the molecule is C[Si](c1ccccc1)N1C=CCCC1. The third-order valence-corrected chi connectivity index (χ3v) is 5.08. The van der Waals surface area contributed by atoms with Crippen LogP contribution in [-0.4, -0.2) is 20.1 Å². The summed E-state index contributed by atoms with van der Waals surface area (Å²) in [5, 5.41) is 1.50. The number of hydrogen-bond donors (Lipinski definition) is 0. The van der Waals surface area contributed by atoms with Crippen molar-refractivity contribution in [3.05, 3.63) is 42.6 Å². The van der Waals surface area contributed by atoms with Crippen LogP contribution in [0.5, 0.6) is 0 Å². The van der Waals surface area contributed by atoms with Crippen LogP contribution < -0.4 is 5.19 Å². The lowest BCUT2D eigenvalue weighted by atomic mass is 10.2. The molecule has 0 N–H and O–H groups in total. The summed E-state index contributed by atoms with van der Waals surface area (Å²) in [6, 6.07) is 10.9. The van der Waals surface area contributed by atoms with Gasteiger partial charge in [0, 0.05) is 6.54 Å². The molecule has 0 unspecified atom stereocenters. The third kappa shape index (κ3) is 2.07. The van der Waals surface area contributed by atoms with Crippen LogP contribution in [0.25, 0.3) is 0 Å². The molecule has 1 aromatic carbocycles. The first-order valence-electron chi connectivity index (χ1n) is 5.20. The van der Waals surface area contributed by atoms with Gasteiger partial charge in [0.1, 0.15) is 0 Å². The van der Waals surface area contributed by atoms with E-state index in [-0.39, 0.29) is 0 Å². The van der Waals surface area contributed by atoms with E-state index in [9.17, 15) is 0 Å². The molecule has 1 radical (unpaired) electrons. The molecular formula is C12H16NSi. The quantitative estimate of drug-likeness (QED) is 0.664. The number of allylic oxidation sites excluding steroid dienone is 1. The monoisotopic (exact) mass is 202 g/mol. The maximum Gasteiger partial charge on any atom is 0.201 e. The van der Waals surface area contributed by atoms with E-state index < -0.39 is 8.96 Å². The van der Waals surface area contributed by atoms with Gasteiger partial charge < -0.3 is 4.57 Å². The largest absolute Gasteiger partial charge is 0.400 e. The molecule has 1 aliphatic rings. The first-order chi connectivity index (χ1) is 6.88. The van der Waals surface area contributed by atoms with Gasteiger partial charge in [-0.3, -0.25) is 0 Å². The van der Waals surface area contributed by atoms with E-state index in [0.717, 1.165) is 0 Å². The summed E-state index contributed by atoms with van der Waals surface area (Å²) in [6.45, 7) is 3.60. The molecule has 0 amide bonds. The predicted molar refractivity (Wildman–Crippen MR) is 62.8 cm³/mol. The van der Waals surface area contributed by atoms with Crippen LogP contribution >= 0.6 is 0 Å². The van der Waals surface area contributed by atoms with Crippen molar-refractivity contribution in [2.75, 3.05) is 6.54 Å². The average Bonchev–Trinajstić information content (AvgIpc) is 2.30. The fourth-order valence-corrected chi connectivity index (χ4v) is 3.61. The fourth-order valence-electron chi connectivity index (χ4n) is 1.78. The molecule has 1 heterocycles. The van der Waals surface area contributed by atoms with Crippen LogP contribution in [0, 0.1) is 0 Å². The van der Waals surface area contributed by atoms with E-state index in [1.807, 2.05) is 0 Å². The summed E-state index contributed by atoms with van der Waals surface area (Å²) in [5.74, 6) is 0. The van der Waals surface area contributed by atoms with E-state index in [1.54, 1.807) is 0 Å². The summed E-state index contributed by atoms with van der Waals surface area (Å²) < 4.78 is 2.52. The third-order valence-electron chi connectivity index (χ3n) is 2.68. The normalized spacial score (nSPS) is 16.3. The Morgan fingerprint density at radius 3 is 2.64 bits per heavy atom. The van der Waals surface area contributed by atoms with Crippen LogP contribution in [0.15, 0.2) is 42.6 Å². The summed E-state index contributed by atoms with van der Waals surface area (Å²) in [7, 11) is -0.521. The Kier molecular flexibility index (Phi) is 3.04. The molecule has 73 valence electrons. The molecule has 0 fully saturated rings. The first-order valence-corrected chi connectivity index (χ1v) is 7.15. The van der Waals surface area contributed by atoms with E-state index in [0.29, 0.717) is 0 Å². The Labute approximate surface area is 87.7 Å². The second kappa shape index (κ2) is 4.47. The summed E-state index contributed by atoms with van der Waals surface area (Å²) in [6.07, 6.45) is 7.14. The van der Waals surface area contributed by atoms with Gasteiger partial charge in [-0.05, 0) is 30.8 Å². The molecule has 2 heteroatoms. The minimum Gasteiger partial charge on any atom is -0.400 e. The van der Waals surface area contributed by atoms with Crippen molar-refractivity contribution in [1.82, 2.24) is 4.57 Å². The summed E-state index contributed by atoms with van der Waals surface area (Å²) in [5.41, 5.74) is 0. The van der Waals surface area contributed by atoms with Crippen LogP contribution in [0.3, 0.4) is 0 Å². The Bertz CT molecular complexity index is 307. The van der Waals surface area contributed by atoms with E-state index in [2.05, 4.69) is 53.7 Å². The molecule has 0 aromatic heterocycles. The highest BCUT2D eigenvalue weighted by molar-refractivity contribution is 6.69. The molecule has 14 heavy (non-hydrogen) atoms. The molecule has 2 rings (SSSR count). The lowest BCUT2D eigenvalue weighted by molar-refractivity contribution is 0.529. The zero-order valence-electron chi connectivity index (χ0n) is 8.61. The fraction of sp³-hybridized carbons (Fsp3) is 0.333. The highest BCUT2D eigenvalue weighted by Gasteiger charge is 2.15. The van der Waals surface area contributed by atoms with Crippen molar-refractivity contribution in [3.8, 4) is 0 Å². The number of benzene rings is 1. The van der Waals surface area contributed by atoms with Gasteiger partial charge in [0.25, 0.3) is 0 Å². The Balaban J connectivity index is 2.11. The minimum atomic E-state index is -0.521. The predicted octanol–water partition coefficient (Wildman–Crippen LogP) is 2.12. The molecular weight excluding hydrogens is 186 g/mol. The lowest BCUT2D eigenvalue weighted by Crippen LogP contribution is -2.43. The van der Waals surface area contributed by atoms with Crippen molar-refractivity contribution >= 4 is 14.1 Å². The molecule has 0 spiro atoms. The van der Waals surface area contributed by atoms with Crippen molar-refractivity contribution in [2.24, 2.45) is 0 Å². The molecule has 0 aliphatic carbocycles. The van der Waals surface area contributed by atoms with Gasteiger partial charge in [-0.25, -0.2) is 0 Å². The smallest absolute Gasteiger partial charge is 0.201 e. The van der Waals surface area contributed by atoms with Crippen molar-refractivity contribution in [1.29, 1.82) is 0 Å². The van der Waals surface area contributed by atoms with Crippen LogP contribution in [0.4, 0.5) is 0 Å². The summed E-state index contributed by atoms with van der Waals surface area (Å²) >= 11 is 0. The van der Waals surface area contributed by atoms with Gasteiger partial charge in [-0.15, -0.1) is 0 Å². The van der Waals surface area contributed by atoms with Gasteiger partial charge in [-0.1, -0.05) is 36.4 Å². The Morgan fingerprint density at radius 1 is 1.21 bits per heavy atom. The van der Waals surface area contributed by atoms with Gasteiger partial charge >= 0.3 is 0 Å². The zero-order chi connectivity index (χ0) is 9.80. The van der Waals surface area contributed by atoms with Crippen molar-refractivity contribution in [2.45, 2.75) is 19.4 Å². The van der Waals surface area contributed by atoms with Gasteiger partial charge in [0.15, 0.2) is 0 Å². The van der Waals surface area contributed by atoms with E-state index >= 15 is 0 Å². The lowest BCUT2D eigenvalue weighted by Gasteiger charge is -2.28. The summed E-state index contributed by atoms with van der Waals surface area (Å²) in [4.78, 5) is 0. The second-order valence-electron chi connectivity index (χ2n) is 3.67. The van der Waals surface area contributed by atoms with Gasteiger partial charge in [-0.2, -0.15) is 0 Å². The molecule has 1 aromatic rings. The van der Waals surface area contributed by atoms with E-state index in [1.165, 1.54) is 24.6 Å². The number of rotatable bonds is 2. The zero-order valence-corrected chi connectivity index (χ0v) is 9.61. The first kappa shape index (κ1) is 9.53. The molecule has 0 saturated heterocycles. The topological polar surface area (TPSA) is 3.24 Å².